The maximum absolute atomic E-state index is 5.56. The molecule has 1 aliphatic heterocycles. The van der Waals surface area contributed by atoms with Crippen LogP contribution in [0, 0.1) is 17.8 Å². The van der Waals surface area contributed by atoms with Gasteiger partial charge >= 0.3 is 0 Å². The molecule has 0 aromatic heterocycles. The highest BCUT2D eigenvalue weighted by molar-refractivity contribution is 5.97. The van der Waals surface area contributed by atoms with Gasteiger partial charge in [0.05, 0.1) is 14.2 Å². The molecule has 0 bridgehead atoms. The molecule has 0 fully saturated rings. The van der Waals surface area contributed by atoms with Gasteiger partial charge in [-0.1, -0.05) is 19.9 Å². The van der Waals surface area contributed by atoms with E-state index < -0.39 is 5.54 Å². The highest BCUT2D eigenvalue weighted by atomic mass is 16.5. The normalized spacial score (nSPS) is 24.6. The van der Waals surface area contributed by atoms with Crippen molar-refractivity contribution in [2.24, 2.45) is 15.9 Å². The van der Waals surface area contributed by atoms with Crippen LogP contribution < -0.4 is 0 Å². The van der Waals surface area contributed by atoms with Crippen LogP contribution in [0.15, 0.2) is 22.6 Å². The molecule has 1 heterocycles. The smallest absolute Gasteiger partial charge is 0.213 e. The van der Waals surface area contributed by atoms with Crippen LogP contribution in [0.1, 0.15) is 40.0 Å². The predicted molar refractivity (Wildman–Crippen MR) is 87.7 cm³/mol. The van der Waals surface area contributed by atoms with Gasteiger partial charge in [-0.2, -0.15) is 0 Å². The van der Waals surface area contributed by atoms with Crippen molar-refractivity contribution < 1.29 is 9.47 Å². The first-order valence-electron chi connectivity index (χ1n) is 7.31. The molecule has 1 aliphatic rings. The van der Waals surface area contributed by atoms with Crippen molar-refractivity contribution in [3.8, 4) is 11.8 Å². The minimum atomic E-state index is -0.567. The highest BCUT2D eigenvalue weighted by Gasteiger charge is 2.42. The summed E-state index contributed by atoms with van der Waals surface area (Å²) < 4.78 is 11.0. The average molecular weight is 290 g/mol. The fraction of sp³-hybridized carbons (Fsp3) is 0.647. The number of ether oxygens (including phenoxy) is 2. The van der Waals surface area contributed by atoms with Crippen LogP contribution in [0.2, 0.25) is 0 Å². The number of hydrogen-bond acceptors (Lipinski definition) is 4. The second kappa shape index (κ2) is 7.87. The van der Waals surface area contributed by atoms with E-state index in [4.69, 9.17) is 19.5 Å². The second-order valence-corrected chi connectivity index (χ2v) is 5.44. The van der Waals surface area contributed by atoms with Crippen LogP contribution in [0.3, 0.4) is 0 Å². The Bertz CT molecular complexity index is 483. The molecule has 0 saturated carbocycles. The molecule has 0 aliphatic carbocycles. The number of allylic oxidation sites excluding steroid dienone is 1. The van der Waals surface area contributed by atoms with Crippen molar-refractivity contribution in [2.75, 3.05) is 14.2 Å². The standard InChI is InChI=1S/C17H26N2O2/c1-7-9-11-17(12-10-8-2)16(21-6)18-14(13(3)4)15(19-17)20-5/h7,13-14H,1,9,11-12H2,2-6H3/t14-,17-/m1/s1. The second-order valence-electron chi connectivity index (χ2n) is 5.44. The van der Waals surface area contributed by atoms with Crippen molar-refractivity contribution in [1.29, 1.82) is 0 Å². The topological polar surface area (TPSA) is 43.2 Å². The maximum Gasteiger partial charge on any atom is 0.213 e. The molecule has 0 unspecified atom stereocenters. The van der Waals surface area contributed by atoms with Gasteiger partial charge in [-0.25, -0.2) is 9.98 Å². The molecule has 116 valence electrons. The number of rotatable bonds is 5. The van der Waals surface area contributed by atoms with Crippen LogP contribution in [0.4, 0.5) is 0 Å². The van der Waals surface area contributed by atoms with Gasteiger partial charge in [-0.3, -0.25) is 0 Å². The molecule has 0 aromatic carbocycles. The third-order valence-electron chi connectivity index (χ3n) is 3.59. The zero-order valence-corrected chi connectivity index (χ0v) is 13.8. The summed E-state index contributed by atoms with van der Waals surface area (Å²) in [4.78, 5) is 9.60. The van der Waals surface area contributed by atoms with Gasteiger partial charge in [-0.15, -0.1) is 18.4 Å². The minimum Gasteiger partial charge on any atom is -0.483 e. The monoisotopic (exact) mass is 290 g/mol. The van der Waals surface area contributed by atoms with Crippen molar-refractivity contribution in [3.63, 3.8) is 0 Å². The molecule has 0 N–H and O–H groups in total. The Labute approximate surface area is 128 Å². The molecular weight excluding hydrogens is 264 g/mol. The first-order valence-corrected chi connectivity index (χ1v) is 7.31. The zero-order chi connectivity index (χ0) is 15.9. The van der Waals surface area contributed by atoms with E-state index in [1.54, 1.807) is 14.2 Å². The van der Waals surface area contributed by atoms with Crippen LogP contribution in [0.25, 0.3) is 0 Å². The Morgan fingerprint density at radius 3 is 2.57 bits per heavy atom. The summed E-state index contributed by atoms with van der Waals surface area (Å²) in [5, 5.41) is 0. The van der Waals surface area contributed by atoms with Gasteiger partial charge < -0.3 is 9.47 Å². The highest BCUT2D eigenvalue weighted by Crippen LogP contribution is 2.31. The third-order valence-corrected chi connectivity index (χ3v) is 3.59. The Balaban J connectivity index is 3.29. The van der Waals surface area contributed by atoms with Gasteiger partial charge in [0.25, 0.3) is 0 Å². The first kappa shape index (κ1) is 17.3. The fourth-order valence-electron chi connectivity index (χ4n) is 2.41. The maximum atomic E-state index is 5.56. The van der Waals surface area contributed by atoms with E-state index in [1.165, 1.54) is 0 Å². The summed E-state index contributed by atoms with van der Waals surface area (Å²) >= 11 is 0. The lowest BCUT2D eigenvalue weighted by molar-refractivity contribution is 0.299. The first-order chi connectivity index (χ1) is 10.0. The number of hydrogen-bond donors (Lipinski definition) is 0. The molecular formula is C17H26N2O2. The predicted octanol–water partition coefficient (Wildman–Crippen LogP) is 3.23. The molecule has 4 nitrogen and oxygen atoms in total. The van der Waals surface area contributed by atoms with Gasteiger partial charge in [0.15, 0.2) is 5.54 Å². The third kappa shape index (κ3) is 3.87. The zero-order valence-electron chi connectivity index (χ0n) is 13.8. The van der Waals surface area contributed by atoms with Crippen molar-refractivity contribution >= 4 is 11.8 Å². The summed E-state index contributed by atoms with van der Waals surface area (Å²) in [6.07, 6.45) is 4.03. The van der Waals surface area contributed by atoms with Crippen LogP contribution in [0.5, 0.6) is 0 Å². The molecule has 21 heavy (non-hydrogen) atoms. The van der Waals surface area contributed by atoms with Crippen LogP contribution in [-0.4, -0.2) is 37.6 Å². The van der Waals surface area contributed by atoms with Crippen LogP contribution >= 0.6 is 0 Å². The van der Waals surface area contributed by atoms with Crippen molar-refractivity contribution in [1.82, 2.24) is 0 Å². The molecule has 0 spiro atoms. The van der Waals surface area contributed by atoms with Gasteiger partial charge in [0.1, 0.15) is 6.04 Å². The number of methoxy groups -OCH3 is 2. The molecule has 0 aromatic rings. The lowest BCUT2D eigenvalue weighted by Crippen LogP contribution is -2.46. The van der Waals surface area contributed by atoms with Gasteiger partial charge in [0, 0.05) is 6.42 Å². The van der Waals surface area contributed by atoms with E-state index >= 15 is 0 Å². The number of nitrogens with zero attached hydrogens (tertiary/aromatic N) is 2. The largest absolute Gasteiger partial charge is 0.483 e. The van der Waals surface area contributed by atoms with E-state index in [2.05, 4.69) is 32.3 Å². The average Bonchev–Trinajstić information content (AvgIpc) is 2.50. The minimum absolute atomic E-state index is 0.101. The fourth-order valence-corrected chi connectivity index (χ4v) is 2.41. The lowest BCUT2D eigenvalue weighted by atomic mass is 9.87. The molecule has 0 radical (unpaired) electrons. The van der Waals surface area contributed by atoms with E-state index in [-0.39, 0.29) is 6.04 Å². The van der Waals surface area contributed by atoms with E-state index in [0.717, 1.165) is 12.8 Å². The molecule has 1 rings (SSSR count). The number of aliphatic imine (C=N–C) groups is 2. The van der Waals surface area contributed by atoms with Crippen molar-refractivity contribution in [3.05, 3.63) is 12.7 Å². The molecule has 2 atom stereocenters. The van der Waals surface area contributed by atoms with Gasteiger partial charge in [-0.05, 0) is 25.7 Å². The van der Waals surface area contributed by atoms with Crippen molar-refractivity contribution in [2.45, 2.75) is 51.6 Å². The lowest BCUT2D eigenvalue weighted by Gasteiger charge is -2.35. The molecule has 4 heteroatoms. The summed E-state index contributed by atoms with van der Waals surface area (Å²) in [5.41, 5.74) is -0.567. The summed E-state index contributed by atoms with van der Waals surface area (Å²) in [6.45, 7) is 9.81. The van der Waals surface area contributed by atoms with E-state index in [0.29, 0.717) is 24.1 Å². The molecule has 0 amide bonds. The van der Waals surface area contributed by atoms with E-state index in [9.17, 15) is 0 Å². The SMILES string of the molecule is C=CCC[C@]1(CC#CC)N=C(OC)[C@@H](C(C)C)N=C1OC. The Kier molecular flexibility index (Phi) is 6.48. The Morgan fingerprint density at radius 1 is 1.38 bits per heavy atom. The molecule has 0 saturated heterocycles. The summed E-state index contributed by atoms with van der Waals surface area (Å²) in [7, 11) is 3.29. The summed E-state index contributed by atoms with van der Waals surface area (Å²) in [6, 6.07) is -0.101. The Morgan fingerprint density at radius 2 is 2.10 bits per heavy atom. The summed E-state index contributed by atoms with van der Waals surface area (Å²) in [5.74, 6) is 7.64. The van der Waals surface area contributed by atoms with E-state index in [1.807, 2.05) is 13.0 Å². The quantitative estimate of drug-likeness (QED) is 0.576. The van der Waals surface area contributed by atoms with Gasteiger partial charge in [0.2, 0.25) is 11.8 Å². The Hall–Kier alpha value is -1.76. The van der Waals surface area contributed by atoms with Crippen LogP contribution in [-0.2, 0) is 9.47 Å².